The van der Waals surface area contributed by atoms with Gasteiger partial charge in [-0.05, 0) is 12.1 Å². The van der Waals surface area contributed by atoms with Crippen LogP contribution < -0.4 is 10.2 Å². The van der Waals surface area contributed by atoms with Crippen LogP contribution in [-0.2, 0) is 9.53 Å². The van der Waals surface area contributed by atoms with E-state index in [0.29, 0.717) is 24.9 Å². The highest BCUT2D eigenvalue weighted by Gasteiger charge is 2.24. The molecule has 0 unspecified atom stereocenters. The van der Waals surface area contributed by atoms with Crippen molar-refractivity contribution in [2.45, 2.75) is 13.0 Å². The number of hydrogen-bond acceptors (Lipinski definition) is 5. The van der Waals surface area contributed by atoms with E-state index in [9.17, 15) is 4.79 Å². The Kier molecular flexibility index (Phi) is 4.33. The van der Waals surface area contributed by atoms with E-state index < -0.39 is 0 Å². The molecule has 6 nitrogen and oxygen atoms in total. The lowest BCUT2D eigenvalue weighted by Crippen LogP contribution is -2.51. The fourth-order valence-corrected chi connectivity index (χ4v) is 1.95. The molecule has 0 bridgehead atoms. The van der Waals surface area contributed by atoms with Crippen molar-refractivity contribution < 1.29 is 9.53 Å². The molecule has 7 heteroatoms. The quantitative estimate of drug-likeness (QED) is 0.865. The van der Waals surface area contributed by atoms with Crippen LogP contribution in [-0.4, -0.2) is 48.4 Å². The molecule has 2 rings (SSSR count). The third-order valence-electron chi connectivity index (χ3n) is 2.73. The van der Waals surface area contributed by atoms with Gasteiger partial charge in [0.15, 0.2) is 11.0 Å². The van der Waals surface area contributed by atoms with E-state index in [1.165, 1.54) is 6.92 Å². The number of nitrogens with zero attached hydrogens (tertiary/aromatic N) is 3. The Hall–Kier alpha value is -1.40. The van der Waals surface area contributed by atoms with Gasteiger partial charge in [0.25, 0.3) is 0 Å². The van der Waals surface area contributed by atoms with Crippen molar-refractivity contribution in [3.8, 4) is 0 Å². The maximum atomic E-state index is 11.0. The van der Waals surface area contributed by atoms with E-state index in [-0.39, 0.29) is 11.9 Å². The van der Waals surface area contributed by atoms with Crippen LogP contribution in [0.25, 0.3) is 0 Å². The average Bonchev–Trinajstić information content (AvgIpc) is 2.38. The average molecular weight is 271 g/mol. The Morgan fingerprint density at radius 1 is 1.61 bits per heavy atom. The van der Waals surface area contributed by atoms with Gasteiger partial charge in [0.2, 0.25) is 5.91 Å². The molecule has 1 aromatic rings. The summed E-state index contributed by atoms with van der Waals surface area (Å²) in [5.74, 6) is 0.695. The number of halogens is 1. The molecule has 1 N–H and O–H groups in total. The summed E-state index contributed by atoms with van der Waals surface area (Å²) in [6.07, 6.45) is 0. The summed E-state index contributed by atoms with van der Waals surface area (Å²) >= 11 is 5.72. The van der Waals surface area contributed by atoms with Gasteiger partial charge in [0, 0.05) is 20.0 Å². The van der Waals surface area contributed by atoms with Gasteiger partial charge in [-0.1, -0.05) is 11.6 Å². The van der Waals surface area contributed by atoms with Crippen LogP contribution in [0.3, 0.4) is 0 Å². The molecule has 1 amide bonds. The zero-order chi connectivity index (χ0) is 13.0. The molecule has 1 fully saturated rings. The number of amides is 1. The zero-order valence-corrected chi connectivity index (χ0v) is 10.9. The molecule has 0 saturated carbocycles. The molecule has 1 aliphatic heterocycles. The van der Waals surface area contributed by atoms with E-state index in [1.54, 1.807) is 6.07 Å². The van der Waals surface area contributed by atoms with Gasteiger partial charge in [-0.3, -0.25) is 4.79 Å². The molecule has 0 radical (unpaired) electrons. The van der Waals surface area contributed by atoms with Gasteiger partial charge < -0.3 is 15.0 Å². The summed E-state index contributed by atoms with van der Waals surface area (Å²) < 4.78 is 5.42. The molecule has 1 aliphatic rings. The van der Waals surface area contributed by atoms with Crippen LogP contribution in [0.15, 0.2) is 12.1 Å². The van der Waals surface area contributed by atoms with Crippen LogP contribution in [0.2, 0.25) is 5.15 Å². The maximum Gasteiger partial charge on any atom is 0.216 e. The molecule has 98 valence electrons. The normalized spacial score (nSPS) is 19.7. The summed E-state index contributed by atoms with van der Waals surface area (Å²) in [5.41, 5.74) is 0. The van der Waals surface area contributed by atoms with E-state index in [1.807, 2.05) is 6.07 Å². The number of ether oxygens (including phenoxy) is 1. The fourth-order valence-electron chi connectivity index (χ4n) is 1.85. The summed E-state index contributed by atoms with van der Waals surface area (Å²) in [6.45, 7) is 3.95. The van der Waals surface area contributed by atoms with Gasteiger partial charge in [-0.25, -0.2) is 0 Å². The van der Waals surface area contributed by atoms with Crippen molar-refractivity contribution in [3.63, 3.8) is 0 Å². The zero-order valence-electron chi connectivity index (χ0n) is 10.1. The molecule has 0 aliphatic carbocycles. The number of nitrogens with one attached hydrogen (secondary N) is 1. The van der Waals surface area contributed by atoms with E-state index in [0.717, 1.165) is 12.4 Å². The highest BCUT2D eigenvalue weighted by molar-refractivity contribution is 6.29. The number of anilines is 1. The fraction of sp³-hybridized carbons (Fsp3) is 0.545. The molecule has 0 spiro atoms. The van der Waals surface area contributed by atoms with Crippen LogP contribution in [0.1, 0.15) is 6.92 Å². The first-order valence-corrected chi connectivity index (χ1v) is 6.12. The third kappa shape index (κ3) is 3.30. The van der Waals surface area contributed by atoms with Crippen molar-refractivity contribution in [3.05, 3.63) is 17.3 Å². The molecular weight excluding hydrogens is 256 g/mol. The third-order valence-corrected chi connectivity index (χ3v) is 2.93. The van der Waals surface area contributed by atoms with Crippen molar-refractivity contribution in [2.24, 2.45) is 0 Å². The summed E-state index contributed by atoms with van der Waals surface area (Å²) in [6, 6.07) is 3.59. The molecular formula is C11H15ClN4O2. The smallest absolute Gasteiger partial charge is 0.216 e. The predicted molar refractivity (Wildman–Crippen MR) is 67.7 cm³/mol. The lowest BCUT2D eigenvalue weighted by Gasteiger charge is -2.36. The highest BCUT2D eigenvalue weighted by Crippen LogP contribution is 2.17. The first kappa shape index (κ1) is 13.0. The van der Waals surface area contributed by atoms with Crippen molar-refractivity contribution in [1.82, 2.24) is 15.5 Å². The van der Waals surface area contributed by atoms with E-state index >= 15 is 0 Å². The standard InChI is InChI=1S/C11H15ClN4O2/c1-8(17)13-6-9-7-18-5-4-16(9)11-3-2-10(12)14-15-11/h2-3,9H,4-7H2,1H3,(H,13,17)/t9-/m0/s1. The SMILES string of the molecule is CC(=O)NC[C@H]1COCCN1c1ccc(Cl)nn1. The number of carbonyl (C=O) groups excluding carboxylic acids is 1. The van der Waals surface area contributed by atoms with Crippen molar-refractivity contribution in [2.75, 3.05) is 31.2 Å². The number of morpholine rings is 1. The molecule has 1 aromatic heterocycles. The van der Waals surface area contributed by atoms with Crippen LogP contribution in [0.5, 0.6) is 0 Å². The number of carbonyl (C=O) groups is 1. The van der Waals surface area contributed by atoms with E-state index in [4.69, 9.17) is 16.3 Å². The summed E-state index contributed by atoms with van der Waals surface area (Å²) in [5, 5.41) is 11.0. The highest BCUT2D eigenvalue weighted by atomic mass is 35.5. The molecule has 18 heavy (non-hydrogen) atoms. The predicted octanol–water partition coefficient (Wildman–Crippen LogP) is 0.471. The Bertz CT molecular complexity index is 412. The lowest BCUT2D eigenvalue weighted by molar-refractivity contribution is -0.119. The second-order valence-corrected chi connectivity index (χ2v) is 4.46. The first-order chi connectivity index (χ1) is 8.66. The monoisotopic (exact) mass is 270 g/mol. The van der Waals surface area contributed by atoms with Gasteiger partial charge in [0.05, 0.1) is 19.3 Å². The van der Waals surface area contributed by atoms with Crippen LogP contribution in [0.4, 0.5) is 5.82 Å². The minimum atomic E-state index is -0.0530. The lowest BCUT2D eigenvalue weighted by atomic mass is 10.2. The van der Waals surface area contributed by atoms with Crippen LogP contribution >= 0.6 is 11.6 Å². The second kappa shape index (κ2) is 5.97. The van der Waals surface area contributed by atoms with Gasteiger partial charge in [0.1, 0.15) is 0 Å². The molecule has 1 saturated heterocycles. The minimum absolute atomic E-state index is 0.0530. The summed E-state index contributed by atoms with van der Waals surface area (Å²) in [4.78, 5) is 13.0. The van der Waals surface area contributed by atoms with Crippen LogP contribution in [0, 0.1) is 0 Å². The van der Waals surface area contributed by atoms with E-state index in [2.05, 4.69) is 20.4 Å². The molecule has 1 atom stereocenters. The topological polar surface area (TPSA) is 67.3 Å². The van der Waals surface area contributed by atoms with Crippen molar-refractivity contribution >= 4 is 23.3 Å². The summed E-state index contributed by atoms with van der Waals surface area (Å²) in [7, 11) is 0. The van der Waals surface area contributed by atoms with Gasteiger partial charge >= 0.3 is 0 Å². The van der Waals surface area contributed by atoms with Crippen molar-refractivity contribution in [1.29, 1.82) is 0 Å². The Morgan fingerprint density at radius 3 is 3.11 bits per heavy atom. The Morgan fingerprint density at radius 2 is 2.44 bits per heavy atom. The molecule has 0 aromatic carbocycles. The number of rotatable bonds is 3. The second-order valence-electron chi connectivity index (χ2n) is 4.07. The minimum Gasteiger partial charge on any atom is -0.377 e. The Labute approximate surface area is 110 Å². The van der Waals surface area contributed by atoms with Gasteiger partial charge in [-0.15, -0.1) is 10.2 Å². The Balaban J connectivity index is 2.07. The number of hydrogen-bond donors (Lipinski definition) is 1. The maximum absolute atomic E-state index is 11.0. The molecule has 2 heterocycles. The van der Waals surface area contributed by atoms with Gasteiger partial charge in [-0.2, -0.15) is 0 Å². The largest absolute Gasteiger partial charge is 0.377 e. The number of aromatic nitrogens is 2. The first-order valence-electron chi connectivity index (χ1n) is 5.75.